The fourth-order valence-electron chi connectivity index (χ4n) is 1.28. The highest BCUT2D eigenvalue weighted by atomic mass is 79.9. The molecular weight excluding hydrogens is 242 g/mol. The van der Waals surface area contributed by atoms with Crippen molar-refractivity contribution in [2.45, 2.75) is 20.8 Å². The zero-order chi connectivity index (χ0) is 10.7. The Kier molecular flexibility index (Phi) is 3.63. The summed E-state index contributed by atoms with van der Waals surface area (Å²) in [5.41, 5.74) is 1.94. The first kappa shape index (κ1) is 11.2. The molecule has 0 amide bonds. The summed E-state index contributed by atoms with van der Waals surface area (Å²) >= 11 is 3.38. The molecule has 0 aliphatic carbocycles. The zero-order valence-electron chi connectivity index (χ0n) is 8.87. The Balaban J connectivity index is 0.000000461. The molecule has 14 heavy (non-hydrogen) atoms. The van der Waals surface area contributed by atoms with Crippen LogP contribution in [0.1, 0.15) is 19.5 Å². The van der Waals surface area contributed by atoms with Crippen LogP contribution >= 0.6 is 15.9 Å². The first-order valence-corrected chi connectivity index (χ1v) is 5.42. The Bertz CT molecular complexity index is 434. The molecule has 0 atom stereocenters. The van der Waals surface area contributed by atoms with Crippen molar-refractivity contribution in [3.63, 3.8) is 0 Å². The van der Waals surface area contributed by atoms with E-state index in [0.717, 1.165) is 21.2 Å². The maximum absolute atomic E-state index is 4.26. The fourth-order valence-corrected chi connectivity index (χ4v) is 1.61. The number of hydrogen-bond donors (Lipinski definition) is 0. The Morgan fingerprint density at radius 1 is 1.36 bits per heavy atom. The van der Waals surface area contributed by atoms with Gasteiger partial charge in [0.05, 0.1) is 5.69 Å². The lowest BCUT2D eigenvalue weighted by Crippen LogP contribution is -1.91. The van der Waals surface area contributed by atoms with Crippen LogP contribution < -0.4 is 0 Å². The Hall–Kier alpha value is -0.900. The number of rotatable bonds is 0. The van der Waals surface area contributed by atoms with Gasteiger partial charge in [0.1, 0.15) is 0 Å². The van der Waals surface area contributed by atoms with E-state index in [4.69, 9.17) is 0 Å². The number of halogens is 1. The average molecular weight is 256 g/mol. The number of aromatic nitrogens is 3. The Morgan fingerprint density at radius 3 is 2.64 bits per heavy atom. The summed E-state index contributed by atoms with van der Waals surface area (Å²) in [6.45, 7) is 5.98. The SMILES string of the molecule is CC.Cc1nn(C)c2ncc(Br)cc12. The zero-order valence-corrected chi connectivity index (χ0v) is 10.5. The van der Waals surface area contributed by atoms with E-state index in [1.807, 2.05) is 33.9 Å². The minimum atomic E-state index is 0.927. The largest absolute Gasteiger partial charge is 0.250 e. The number of hydrogen-bond acceptors (Lipinski definition) is 2. The minimum absolute atomic E-state index is 0.927. The van der Waals surface area contributed by atoms with Crippen LogP contribution in [-0.2, 0) is 7.05 Å². The van der Waals surface area contributed by atoms with Gasteiger partial charge < -0.3 is 0 Å². The van der Waals surface area contributed by atoms with Gasteiger partial charge >= 0.3 is 0 Å². The van der Waals surface area contributed by atoms with Crippen LogP contribution in [0.2, 0.25) is 0 Å². The highest BCUT2D eigenvalue weighted by molar-refractivity contribution is 9.10. The van der Waals surface area contributed by atoms with Crippen LogP contribution in [0.3, 0.4) is 0 Å². The molecule has 0 fully saturated rings. The summed E-state index contributed by atoms with van der Waals surface area (Å²) in [6.07, 6.45) is 1.78. The number of fused-ring (bicyclic) bond motifs is 1. The predicted octanol–water partition coefficient (Wildman–Crippen LogP) is 3.07. The van der Waals surface area contributed by atoms with Crippen LogP contribution in [0, 0.1) is 6.92 Å². The number of nitrogens with zero attached hydrogens (tertiary/aromatic N) is 3. The lowest BCUT2D eigenvalue weighted by molar-refractivity contribution is 0.774. The van der Waals surface area contributed by atoms with E-state index >= 15 is 0 Å². The number of pyridine rings is 1. The van der Waals surface area contributed by atoms with E-state index < -0.39 is 0 Å². The lowest BCUT2D eigenvalue weighted by atomic mass is 10.3. The predicted molar refractivity (Wildman–Crippen MR) is 62.3 cm³/mol. The molecular formula is C10H14BrN3. The number of aryl methyl sites for hydroxylation is 2. The van der Waals surface area contributed by atoms with Crippen molar-refractivity contribution >= 4 is 27.0 Å². The van der Waals surface area contributed by atoms with E-state index in [1.165, 1.54) is 0 Å². The van der Waals surface area contributed by atoms with Crippen LogP contribution in [0.5, 0.6) is 0 Å². The molecule has 2 aromatic rings. The van der Waals surface area contributed by atoms with Crippen molar-refractivity contribution in [2.75, 3.05) is 0 Å². The highest BCUT2D eigenvalue weighted by Gasteiger charge is 2.04. The van der Waals surface area contributed by atoms with Crippen LogP contribution in [0.25, 0.3) is 11.0 Å². The summed E-state index contributed by atoms with van der Waals surface area (Å²) in [5, 5.41) is 5.37. The molecule has 0 unspecified atom stereocenters. The molecule has 0 bridgehead atoms. The van der Waals surface area contributed by atoms with Gasteiger partial charge in [0, 0.05) is 23.1 Å². The molecule has 0 radical (unpaired) electrons. The maximum Gasteiger partial charge on any atom is 0.157 e. The van der Waals surface area contributed by atoms with Gasteiger partial charge in [-0.2, -0.15) is 5.10 Å². The molecule has 2 heterocycles. The maximum atomic E-state index is 4.26. The van der Waals surface area contributed by atoms with E-state index in [0.29, 0.717) is 0 Å². The Labute approximate surface area is 92.3 Å². The summed E-state index contributed by atoms with van der Waals surface area (Å²) in [4.78, 5) is 4.25. The molecule has 2 aromatic heterocycles. The van der Waals surface area contributed by atoms with E-state index in [-0.39, 0.29) is 0 Å². The molecule has 0 saturated heterocycles. The molecule has 0 spiro atoms. The van der Waals surface area contributed by atoms with Gasteiger partial charge in [0.25, 0.3) is 0 Å². The smallest absolute Gasteiger partial charge is 0.157 e. The van der Waals surface area contributed by atoms with Crippen LogP contribution in [-0.4, -0.2) is 14.8 Å². The second-order valence-electron chi connectivity index (χ2n) is 2.73. The second-order valence-corrected chi connectivity index (χ2v) is 3.65. The third-order valence-electron chi connectivity index (χ3n) is 1.83. The third-order valence-corrected chi connectivity index (χ3v) is 2.26. The summed E-state index contributed by atoms with van der Waals surface area (Å²) in [6, 6.07) is 2.03. The normalized spacial score (nSPS) is 9.79. The van der Waals surface area contributed by atoms with E-state index in [1.54, 1.807) is 10.9 Å². The second kappa shape index (κ2) is 4.55. The van der Waals surface area contributed by atoms with Crippen molar-refractivity contribution in [1.82, 2.24) is 14.8 Å². The van der Waals surface area contributed by atoms with Gasteiger partial charge in [-0.3, -0.25) is 4.68 Å². The molecule has 2 rings (SSSR count). The van der Waals surface area contributed by atoms with Crippen LogP contribution in [0.4, 0.5) is 0 Å². The van der Waals surface area contributed by atoms with Crippen molar-refractivity contribution in [3.8, 4) is 0 Å². The first-order valence-electron chi connectivity index (χ1n) is 4.63. The third kappa shape index (κ3) is 1.95. The molecule has 0 aliphatic heterocycles. The van der Waals surface area contributed by atoms with E-state index in [9.17, 15) is 0 Å². The molecule has 0 aliphatic rings. The van der Waals surface area contributed by atoms with Gasteiger partial charge in [0.15, 0.2) is 5.65 Å². The van der Waals surface area contributed by atoms with Gasteiger partial charge in [-0.15, -0.1) is 0 Å². The summed E-state index contributed by atoms with van der Waals surface area (Å²) in [5.74, 6) is 0. The fraction of sp³-hybridized carbons (Fsp3) is 0.400. The molecule has 0 saturated carbocycles. The highest BCUT2D eigenvalue weighted by Crippen LogP contribution is 2.19. The first-order chi connectivity index (χ1) is 6.68. The summed E-state index contributed by atoms with van der Waals surface area (Å²) in [7, 11) is 1.90. The quantitative estimate of drug-likeness (QED) is 0.725. The Morgan fingerprint density at radius 2 is 2.00 bits per heavy atom. The van der Waals surface area contributed by atoms with Crippen molar-refractivity contribution in [2.24, 2.45) is 7.05 Å². The molecule has 76 valence electrons. The van der Waals surface area contributed by atoms with Crippen LogP contribution in [0.15, 0.2) is 16.7 Å². The monoisotopic (exact) mass is 255 g/mol. The average Bonchev–Trinajstić information content (AvgIpc) is 2.46. The molecule has 3 nitrogen and oxygen atoms in total. The van der Waals surface area contributed by atoms with E-state index in [2.05, 4.69) is 26.0 Å². The minimum Gasteiger partial charge on any atom is -0.250 e. The lowest BCUT2D eigenvalue weighted by Gasteiger charge is -1.92. The van der Waals surface area contributed by atoms with Gasteiger partial charge in [-0.05, 0) is 28.9 Å². The standard InChI is InChI=1S/C8H8BrN3.C2H6/c1-5-7-3-6(9)4-10-8(7)12(2)11-5;1-2/h3-4H,1-2H3;1-2H3. The van der Waals surface area contributed by atoms with Crippen molar-refractivity contribution < 1.29 is 0 Å². The molecule has 0 N–H and O–H groups in total. The van der Waals surface area contributed by atoms with Gasteiger partial charge in [-0.1, -0.05) is 13.8 Å². The molecule has 4 heteroatoms. The summed E-state index contributed by atoms with van der Waals surface area (Å²) < 4.78 is 2.78. The van der Waals surface area contributed by atoms with Crippen molar-refractivity contribution in [3.05, 3.63) is 22.4 Å². The van der Waals surface area contributed by atoms with Crippen molar-refractivity contribution in [1.29, 1.82) is 0 Å². The molecule has 0 aromatic carbocycles. The van der Waals surface area contributed by atoms with Gasteiger partial charge in [-0.25, -0.2) is 4.98 Å². The topological polar surface area (TPSA) is 30.7 Å². The van der Waals surface area contributed by atoms with Gasteiger partial charge in [0.2, 0.25) is 0 Å².